The molecule has 0 heterocycles. The summed E-state index contributed by atoms with van der Waals surface area (Å²) in [5, 5.41) is 3.00. The van der Waals surface area contributed by atoms with Crippen LogP contribution >= 0.6 is 0 Å². The molecular weight excluding hydrogens is 348 g/mol. The number of nitrogens with one attached hydrogen (secondary N) is 1. The van der Waals surface area contributed by atoms with Crippen LogP contribution in [0.25, 0.3) is 0 Å². The van der Waals surface area contributed by atoms with E-state index in [-0.39, 0.29) is 17.6 Å². The minimum atomic E-state index is -0.0277. The van der Waals surface area contributed by atoms with Gasteiger partial charge in [-0.1, -0.05) is 79.1 Å². The van der Waals surface area contributed by atoms with Crippen molar-refractivity contribution in [2.45, 2.75) is 112 Å². The first-order chi connectivity index (χ1) is 13.3. The Kier molecular flexibility index (Phi) is 15.6. The molecule has 0 bridgehead atoms. The number of nitrogens with zero attached hydrogens (tertiary/aromatic N) is 1. The lowest BCUT2D eigenvalue weighted by Crippen LogP contribution is -2.34. The molecular formula is C24H44N2O2. The molecule has 0 aromatic rings. The number of carbonyl (C=O) groups is 2. The van der Waals surface area contributed by atoms with Crippen LogP contribution < -0.4 is 5.32 Å². The molecule has 0 aromatic heterocycles. The zero-order valence-electron chi connectivity index (χ0n) is 19.3. The number of aliphatic imine (C=N–C) groups is 1. The van der Waals surface area contributed by atoms with E-state index in [1.807, 2.05) is 6.92 Å². The van der Waals surface area contributed by atoms with E-state index < -0.39 is 0 Å². The van der Waals surface area contributed by atoms with Gasteiger partial charge < -0.3 is 5.32 Å². The summed E-state index contributed by atoms with van der Waals surface area (Å²) in [6, 6.07) is 0. The van der Waals surface area contributed by atoms with Gasteiger partial charge >= 0.3 is 0 Å². The number of ketones is 1. The Morgan fingerprint density at radius 3 is 2.18 bits per heavy atom. The molecule has 0 aliphatic heterocycles. The molecule has 0 aliphatic carbocycles. The summed E-state index contributed by atoms with van der Waals surface area (Å²) in [5.74, 6) is 1.55. The fourth-order valence-electron chi connectivity index (χ4n) is 3.45. The predicted molar refractivity (Wildman–Crippen MR) is 120 cm³/mol. The van der Waals surface area contributed by atoms with E-state index in [4.69, 9.17) is 0 Å². The fraction of sp³-hybridized carbons (Fsp3) is 0.792. The van der Waals surface area contributed by atoms with Crippen molar-refractivity contribution in [1.82, 2.24) is 5.32 Å². The number of hydrogen-bond donors (Lipinski definition) is 1. The summed E-state index contributed by atoms with van der Waals surface area (Å²) < 4.78 is 0. The number of rotatable bonds is 15. The van der Waals surface area contributed by atoms with Crippen molar-refractivity contribution in [3.05, 3.63) is 11.8 Å². The van der Waals surface area contributed by atoms with Crippen molar-refractivity contribution in [3.63, 3.8) is 0 Å². The average molecular weight is 393 g/mol. The molecule has 1 N–H and O–H groups in total. The highest BCUT2D eigenvalue weighted by atomic mass is 16.2. The van der Waals surface area contributed by atoms with Crippen molar-refractivity contribution < 1.29 is 9.59 Å². The van der Waals surface area contributed by atoms with E-state index in [0.29, 0.717) is 11.5 Å². The van der Waals surface area contributed by atoms with Gasteiger partial charge in [-0.15, -0.1) is 0 Å². The van der Waals surface area contributed by atoms with Crippen LogP contribution in [0.5, 0.6) is 0 Å². The molecule has 1 amide bonds. The molecule has 0 saturated carbocycles. The Bertz CT molecular complexity index is 509. The van der Waals surface area contributed by atoms with Crippen molar-refractivity contribution in [1.29, 1.82) is 0 Å². The van der Waals surface area contributed by atoms with Crippen LogP contribution in [0.2, 0.25) is 0 Å². The van der Waals surface area contributed by atoms with E-state index in [1.165, 1.54) is 51.5 Å². The molecule has 4 heteroatoms. The minimum Gasteiger partial charge on any atom is -0.314 e. The van der Waals surface area contributed by atoms with Gasteiger partial charge in [0.2, 0.25) is 5.91 Å². The van der Waals surface area contributed by atoms with Gasteiger partial charge in [-0.3, -0.25) is 9.59 Å². The van der Waals surface area contributed by atoms with Crippen LogP contribution in [-0.2, 0) is 9.59 Å². The lowest BCUT2D eigenvalue weighted by molar-refractivity contribution is -0.123. The van der Waals surface area contributed by atoms with Crippen molar-refractivity contribution in [3.8, 4) is 0 Å². The molecule has 0 aliphatic rings. The van der Waals surface area contributed by atoms with Crippen molar-refractivity contribution in [2.75, 3.05) is 0 Å². The first-order valence-corrected chi connectivity index (χ1v) is 11.4. The number of hydrogen-bond acceptors (Lipinski definition) is 3. The smallest absolute Gasteiger partial charge is 0.228 e. The Hall–Kier alpha value is -1.45. The number of unbranched alkanes of at least 4 members (excludes halogenated alkanes) is 3. The number of carbonyl (C=O) groups excluding carboxylic acids is 2. The standard InChI is InChI=1S/C24H44N2O2/c1-7-10-17-23(25-20(5)18-21(6)27)26-24(28)19(4)15-12-11-13-16-22(9-3)14-8-2/h18-19,22H,7-17H2,1-6H3,(H,25,26,28)/b20-18-. The van der Waals surface area contributed by atoms with E-state index in [0.717, 1.165) is 38.0 Å². The molecule has 4 nitrogen and oxygen atoms in total. The second-order valence-corrected chi connectivity index (χ2v) is 8.15. The van der Waals surface area contributed by atoms with Gasteiger partial charge in [0.15, 0.2) is 5.78 Å². The van der Waals surface area contributed by atoms with Gasteiger partial charge in [0.05, 0.1) is 0 Å². The lowest BCUT2D eigenvalue weighted by Gasteiger charge is -2.15. The molecule has 0 fully saturated rings. The van der Waals surface area contributed by atoms with Crippen LogP contribution in [0.15, 0.2) is 16.8 Å². The van der Waals surface area contributed by atoms with E-state index >= 15 is 0 Å². The fourth-order valence-corrected chi connectivity index (χ4v) is 3.45. The van der Waals surface area contributed by atoms with Gasteiger partial charge in [0, 0.05) is 24.1 Å². The molecule has 0 radical (unpaired) electrons. The third kappa shape index (κ3) is 13.7. The highest BCUT2D eigenvalue weighted by molar-refractivity contribution is 5.99. The van der Waals surface area contributed by atoms with Gasteiger partial charge in [-0.05, 0) is 32.6 Å². The molecule has 2 atom stereocenters. The van der Waals surface area contributed by atoms with Crippen LogP contribution in [0, 0.1) is 11.8 Å². The highest BCUT2D eigenvalue weighted by Gasteiger charge is 2.15. The largest absolute Gasteiger partial charge is 0.314 e. The maximum absolute atomic E-state index is 12.5. The molecule has 28 heavy (non-hydrogen) atoms. The summed E-state index contributed by atoms with van der Waals surface area (Å²) in [7, 11) is 0. The minimum absolute atomic E-state index is 0.0125. The summed E-state index contributed by atoms with van der Waals surface area (Å²) in [5.41, 5.74) is 0.643. The lowest BCUT2D eigenvalue weighted by atomic mass is 9.93. The first kappa shape index (κ1) is 26.6. The van der Waals surface area contributed by atoms with E-state index in [2.05, 4.69) is 31.1 Å². The second kappa shape index (κ2) is 16.5. The number of amidine groups is 1. The normalized spacial score (nSPS) is 14.6. The Balaban J connectivity index is 4.45. The molecule has 2 unspecified atom stereocenters. The monoisotopic (exact) mass is 392 g/mol. The Labute approximate surface area is 173 Å². The summed E-state index contributed by atoms with van der Waals surface area (Å²) in [6.07, 6.45) is 13.9. The SMILES string of the molecule is CCCCC(=N/C(C)=C\C(C)=O)NC(=O)C(C)CCCCCC(CC)CCC. The molecule has 0 aromatic carbocycles. The quantitative estimate of drug-likeness (QED) is 0.148. The van der Waals surface area contributed by atoms with E-state index in [1.54, 1.807) is 6.92 Å². The van der Waals surface area contributed by atoms with Gasteiger partial charge in [0.25, 0.3) is 0 Å². The van der Waals surface area contributed by atoms with Gasteiger partial charge in [-0.2, -0.15) is 0 Å². The average Bonchev–Trinajstić information content (AvgIpc) is 2.63. The zero-order chi connectivity index (χ0) is 21.4. The summed E-state index contributed by atoms with van der Waals surface area (Å²) in [6.45, 7) is 12.0. The van der Waals surface area contributed by atoms with Crippen LogP contribution in [-0.4, -0.2) is 17.5 Å². The van der Waals surface area contributed by atoms with Gasteiger partial charge in [0.1, 0.15) is 5.84 Å². The first-order valence-electron chi connectivity index (χ1n) is 11.4. The molecule has 0 rings (SSSR count). The maximum Gasteiger partial charge on any atom is 0.228 e. The maximum atomic E-state index is 12.5. The molecule has 0 spiro atoms. The van der Waals surface area contributed by atoms with Crippen LogP contribution in [0.1, 0.15) is 112 Å². The topological polar surface area (TPSA) is 58.5 Å². The predicted octanol–water partition coefficient (Wildman–Crippen LogP) is 6.60. The van der Waals surface area contributed by atoms with Crippen molar-refractivity contribution >= 4 is 17.5 Å². The van der Waals surface area contributed by atoms with E-state index in [9.17, 15) is 9.59 Å². The molecule has 0 saturated heterocycles. The van der Waals surface area contributed by atoms with Crippen molar-refractivity contribution in [2.24, 2.45) is 16.8 Å². The van der Waals surface area contributed by atoms with Crippen LogP contribution in [0.3, 0.4) is 0 Å². The third-order valence-electron chi connectivity index (χ3n) is 5.23. The number of amides is 1. The molecule has 162 valence electrons. The second-order valence-electron chi connectivity index (χ2n) is 8.15. The zero-order valence-corrected chi connectivity index (χ0v) is 19.3. The summed E-state index contributed by atoms with van der Waals surface area (Å²) >= 11 is 0. The Morgan fingerprint density at radius 2 is 1.61 bits per heavy atom. The van der Waals surface area contributed by atoms with Gasteiger partial charge in [-0.25, -0.2) is 4.99 Å². The highest BCUT2D eigenvalue weighted by Crippen LogP contribution is 2.20. The summed E-state index contributed by atoms with van der Waals surface area (Å²) in [4.78, 5) is 28.2. The third-order valence-corrected chi connectivity index (χ3v) is 5.23. The Morgan fingerprint density at radius 1 is 0.929 bits per heavy atom. The van der Waals surface area contributed by atoms with Crippen LogP contribution in [0.4, 0.5) is 0 Å². The number of allylic oxidation sites excluding steroid dienone is 2.